The molecule has 1 aliphatic carbocycles. The van der Waals surface area contributed by atoms with Gasteiger partial charge in [-0.05, 0) is 51.8 Å². The summed E-state index contributed by atoms with van der Waals surface area (Å²) in [4.78, 5) is 4.24. The maximum Gasteiger partial charge on any atom is 0.138 e. The van der Waals surface area contributed by atoms with Gasteiger partial charge in [0.05, 0.1) is 12.3 Å². The molecule has 3 nitrogen and oxygen atoms in total. The van der Waals surface area contributed by atoms with Crippen LogP contribution >= 0.6 is 0 Å². The number of aromatic nitrogens is 1. The van der Waals surface area contributed by atoms with E-state index in [1.807, 2.05) is 46.1 Å². The van der Waals surface area contributed by atoms with Crippen LogP contribution in [0.5, 0.6) is 5.75 Å². The number of ether oxygens (including phenoxy) is 1. The van der Waals surface area contributed by atoms with Gasteiger partial charge in [0, 0.05) is 11.7 Å². The number of nitrogens with one attached hydrogen (secondary N) is 1. The van der Waals surface area contributed by atoms with Crippen LogP contribution < -0.4 is 10.1 Å². The predicted octanol–water partition coefficient (Wildman–Crippen LogP) is 3.33. The van der Waals surface area contributed by atoms with Gasteiger partial charge < -0.3 is 10.1 Å². The third kappa shape index (κ3) is 4.65. The maximum absolute atomic E-state index is 5.91. The van der Waals surface area contributed by atoms with Gasteiger partial charge >= 0.3 is 0 Å². The van der Waals surface area contributed by atoms with Crippen LogP contribution in [-0.2, 0) is 0 Å². The van der Waals surface area contributed by atoms with Crippen molar-refractivity contribution < 1.29 is 4.74 Å². The summed E-state index contributed by atoms with van der Waals surface area (Å²) >= 11 is 0. The zero-order valence-corrected chi connectivity index (χ0v) is 12.1. The molecule has 0 amide bonds. The van der Waals surface area contributed by atoms with E-state index >= 15 is 0 Å². The molecule has 18 heavy (non-hydrogen) atoms. The second-order valence-corrected chi connectivity index (χ2v) is 4.52. The number of aryl methyl sites for hydroxylation is 1. The molecular weight excluding hydrogens is 224 g/mol. The Morgan fingerprint density at radius 3 is 2.33 bits per heavy atom. The summed E-state index contributed by atoms with van der Waals surface area (Å²) in [6.45, 7) is 5.99. The van der Waals surface area contributed by atoms with Crippen molar-refractivity contribution in [1.29, 1.82) is 0 Å². The van der Waals surface area contributed by atoms with Crippen molar-refractivity contribution in [1.82, 2.24) is 10.3 Å². The van der Waals surface area contributed by atoms with Crippen LogP contribution in [0.1, 0.15) is 45.2 Å². The zero-order chi connectivity index (χ0) is 13.4. The second kappa shape index (κ2) is 8.09. The first-order valence-electron chi connectivity index (χ1n) is 7.04. The summed E-state index contributed by atoms with van der Waals surface area (Å²) in [6.07, 6.45) is 6.88. The molecular formula is C15H26N2O. The average molecular weight is 250 g/mol. The van der Waals surface area contributed by atoms with Gasteiger partial charge in [-0.15, -0.1) is 0 Å². The van der Waals surface area contributed by atoms with Crippen LogP contribution in [0.2, 0.25) is 0 Å². The zero-order valence-electron chi connectivity index (χ0n) is 12.1. The normalized spacial score (nSPS) is 22.9. The highest BCUT2D eigenvalue weighted by Gasteiger charge is 2.21. The van der Waals surface area contributed by atoms with Gasteiger partial charge in [0.25, 0.3) is 0 Å². The van der Waals surface area contributed by atoms with Crippen molar-refractivity contribution in [3.63, 3.8) is 0 Å². The first-order chi connectivity index (χ1) is 8.78. The Labute approximate surface area is 111 Å². The average Bonchev–Trinajstić information content (AvgIpc) is 2.44. The predicted molar refractivity (Wildman–Crippen MR) is 76.1 cm³/mol. The fraction of sp³-hybridized carbons (Fsp3) is 0.667. The fourth-order valence-electron chi connectivity index (χ4n) is 2.19. The van der Waals surface area contributed by atoms with E-state index in [1.54, 1.807) is 0 Å². The van der Waals surface area contributed by atoms with Gasteiger partial charge in [-0.3, -0.25) is 4.98 Å². The summed E-state index contributed by atoms with van der Waals surface area (Å²) in [5, 5.41) is 3.33. The number of rotatable bonds is 3. The highest BCUT2D eigenvalue weighted by atomic mass is 16.5. The van der Waals surface area contributed by atoms with E-state index in [4.69, 9.17) is 4.74 Å². The van der Waals surface area contributed by atoms with Gasteiger partial charge in [-0.1, -0.05) is 13.8 Å². The topological polar surface area (TPSA) is 34.1 Å². The third-order valence-electron chi connectivity index (χ3n) is 3.27. The van der Waals surface area contributed by atoms with Crippen molar-refractivity contribution in [2.45, 2.75) is 58.6 Å². The van der Waals surface area contributed by atoms with E-state index in [0.29, 0.717) is 12.1 Å². The largest absolute Gasteiger partial charge is 0.489 e. The Morgan fingerprint density at radius 1 is 1.17 bits per heavy atom. The van der Waals surface area contributed by atoms with Crippen molar-refractivity contribution >= 4 is 0 Å². The van der Waals surface area contributed by atoms with Crippen LogP contribution in [0, 0.1) is 6.92 Å². The van der Waals surface area contributed by atoms with E-state index in [9.17, 15) is 0 Å². The molecule has 102 valence electrons. The lowest BCUT2D eigenvalue weighted by Crippen LogP contribution is -2.34. The lowest BCUT2D eigenvalue weighted by atomic mass is 9.93. The van der Waals surface area contributed by atoms with Crippen LogP contribution in [-0.4, -0.2) is 24.2 Å². The molecule has 0 atom stereocenters. The Bertz CT molecular complexity index is 316. The first kappa shape index (κ1) is 15.0. The van der Waals surface area contributed by atoms with Gasteiger partial charge in [0.15, 0.2) is 0 Å². The molecule has 2 rings (SSSR count). The number of hydrogen-bond donors (Lipinski definition) is 1. The summed E-state index contributed by atoms with van der Waals surface area (Å²) < 4.78 is 5.91. The Balaban J connectivity index is 0.000000771. The third-order valence-corrected chi connectivity index (χ3v) is 3.27. The molecule has 0 unspecified atom stereocenters. The molecule has 1 saturated carbocycles. The van der Waals surface area contributed by atoms with Crippen molar-refractivity contribution in [2.24, 2.45) is 0 Å². The molecule has 0 aliphatic heterocycles. The molecule has 0 saturated heterocycles. The molecule has 3 heteroatoms. The van der Waals surface area contributed by atoms with E-state index in [-0.39, 0.29) is 0 Å². The summed E-state index contributed by atoms with van der Waals surface area (Å²) in [5.74, 6) is 0.901. The van der Waals surface area contributed by atoms with Crippen LogP contribution in [0.15, 0.2) is 18.3 Å². The fourth-order valence-corrected chi connectivity index (χ4v) is 2.19. The minimum absolute atomic E-state index is 0.370. The van der Waals surface area contributed by atoms with Crippen LogP contribution in [0.25, 0.3) is 0 Å². The quantitative estimate of drug-likeness (QED) is 0.893. The molecule has 1 aromatic rings. The van der Waals surface area contributed by atoms with Crippen LogP contribution in [0.4, 0.5) is 0 Å². The number of nitrogens with zero attached hydrogens (tertiary/aromatic N) is 1. The van der Waals surface area contributed by atoms with Gasteiger partial charge in [-0.25, -0.2) is 0 Å². The highest BCUT2D eigenvalue weighted by molar-refractivity contribution is 5.19. The van der Waals surface area contributed by atoms with Gasteiger partial charge in [0.2, 0.25) is 0 Å². The lowest BCUT2D eigenvalue weighted by Gasteiger charge is -2.28. The van der Waals surface area contributed by atoms with Gasteiger partial charge in [-0.2, -0.15) is 0 Å². The lowest BCUT2D eigenvalue weighted by molar-refractivity contribution is 0.141. The van der Waals surface area contributed by atoms with Crippen LogP contribution in [0.3, 0.4) is 0 Å². The summed E-state index contributed by atoms with van der Waals surface area (Å²) in [5.41, 5.74) is 1.03. The highest BCUT2D eigenvalue weighted by Crippen LogP contribution is 2.23. The minimum atomic E-state index is 0.370. The Hall–Kier alpha value is -1.09. The molecule has 1 fully saturated rings. The van der Waals surface area contributed by atoms with Gasteiger partial charge in [0.1, 0.15) is 5.75 Å². The molecule has 1 N–H and O–H groups in total. The number of pyridine rings is 1. The Morgan fingerprint density at radius 2 is 1.83 bits per heavy atom. The minimum Gasteiger partial charge on any atom is -0.489 e. The maximum atomic E-state index is 5.91. The molecule has 0 aromatic carbocycles. The van der Waals surface area contributed by atoms with Crippen molar-refractivity contribution in [3.8, 4) is 5.75 Å². The Kier molecular flexibility index (Phi) is 6.73. The number of hydrogen-bond acceptors (Lipinski definition) is 3. The summed E-state index contributed by atoms with van der Waals surface area (Å²) in [6, 6.07) is 4.68. The molecule has 1 aromatic heterocycles. The SMILES string of the molecule is CC.CNC1CCC(Oc2ccc(C)nc2)CC1. The summed E-state index contributed by atoms with van der Waals surface area (Å²) in [7, 11) is 2.04. The molecule has 0 radical (unpaired) electrons. The standard InChI is InChI=1S/C13H20N2O.C2H6/c1-10-3-6-13(9-15-10)16-12-7-4-11(14-2)5-8-12;1-2/h3,6,9,11-12,14H,4-5,7-8H2,1-2H3;1-2H3. The van der Waals surface area contributed by atoms with Crippen molar-refractivity contribution in [2.75, 3.05) is 7.05 Å². The molecule has 0 bridgehead atoms. The van der Waals surface area contributed by atoms with E-state index in [0.717, 1.165) is 24.3 Å². The monoisotopic (exact) mass is 250 g/mol. The smallest absolute Gasteiger partial charge is 0.138 e. The first-order valence-corrected chi connectivity index (χ1v) is 7.04. The van der Waals surface area contributed by atoms with E-state index in [2.05, 4.69) is 10.3 Å². The molecule has 1 heterocycles. The van der Waals surface area contributed by atoms with E-state index < -0.39 is 0 Å². The second-order valence-electron chi connectivity index (χ2n) is 4.52. The molecule has 1 aliphatic rings. The van der Waals surface area contributed by atoms with Crippen molar-refractivity contribution in [3.05, 3.63) is 24.0 Å². The molecule has 0 spiro atoms. The van der Waals surface area contributed by atoms with E-state index in [1.165, 1.54) is 12.8 Å².